The molecule has 112 valence electrons. The Bertz CT molecular complexity index is 524. The molecule has 0 N–H and O–H groups in total. The SMILES string of the molecule is CCCC(c1ccc(CN2CCCC2)cc1)n1ccnc1. The second-order valence-corrected chi connectivity index (χ2v) is 6.04. The van der Waals surface area contributed by atoms with Gasteiger partial charge in [-0.15, -0.1) is 0 Å². The molecular weight excluding hydrogens is 258 g/mol. The third-order valence-electron chi connectivity index (χ3n) is 4.42. The molecule has 1 aliphatic rings. The average molecular weight is 283 g/mol. The standard InChI is InChI=1S/C18H25N3/c1-2-5-18(21-13-10-19-15-21)17-8-6-16(7-9-17)14-20-11-3-4-12-20/h6-10,13,15,18H,2-5,11-12,14H2,1H3. The summed E-state index contributed by atoms with van der Waals surface area (Å²) in [6, 6.07) is 9.61. The lowest BCUT2D eigenvalue weighted by molar-refractivity contribution is 0.331. The molecular formula is C18H25N3. The van der Waals surface area contributed by atoms with Crippen LogP contribution in [0.15, 0.2) is 43.0 Å². The van der Waals surface area contributed by atoms with E-state index in [4.69, 9.17) is 0 Å². The lowest BCUT2D eigenvalue weighted by Crippen LogP contribution is -2.18. The molecule has 21 heavy (non-hydrogen) atoms. The van der Waals surface area contributed by atoms with E-state index in [-0.39, 0.29) is 0 Å². The summed E-state index contributed by atoms with van der Waals surface area (Å²) in [5.74, 6) is 0. The van der Waals surface area contributed by atoms with Crippen LogP contribution in [0.3, 0.4) is 0 Å². The highest BCUT2D eigenvalue weighted by atomic mass is 15.1. The van der Waals surface area contributed by atoms with E-state index in [9.17, 15) is 0 Å². The number of benzene rings is 1. The minimum absolute atomic E-state index is 0.415. The summed E-state index contributed by atoms with van der Waals surface area (Å²) in [6.45, 7) is 5.86. The Labute approximate surface area is 127 Å². The van der Waals surface area contributed by atoms with Crippen LogP contribution in [0.5, 0.6) is 0 Å². The van der Waals surface area contributed by atoms with Gasteiger partial charge >= 0.3 is 0 Å². The van der Waals surface area contributed by atoms with Crippen molar-refractivity contribution in [3.8, 4) is 0 Å². The highest BCUT2D eigenvalue weighted by Crippen LogP contribution is 2.24. The molecule has 1 aliphatic heterocycles. The van der Waals surface area contributed by atoms with Gasteiger partial charge in [-0.25, -0.2) is 4.98 Å². The van der Waals surface area contributed by atoms with Gasteiger partial charge in [-0.1, -0.05) is 37.6 Å². The van der Waals surface area contributed by atoms with Crippen molar-refractivity contribution < 1.29 is 0 Å². The van der Waals surface area contributed by atoms with Crippen LogP contribution in [0.4, 0.5) is 0 Å². The number of hydrogen-bond donors (Lipinski definition) is 0. The van der Waals surface area contributed by atoms with Crippen LogP contribution in [0.1, 0.15) is 49.8 Å². The Kier molecular flexibility index (Phi) is 4.71. The molecule has 0 aliphatic carbocycles. The normalized spacial score (nSPS) is 17.2. The van der Waals surface area contributed by atoms with Gasteiger partial charge in [-0.2, -0.15) is 0 Å². The number of likely N-dealkylation sites (tertiary alicyclic amines) is 1. The van der Waals surface area contributed by atoms with Crippen molar-refractivity contribution in [2.75, 3.05) is 13.1 Å². The monoisotopic (exact) mass is 283 g/mol. The lowest BCUT2D eigenvalue weighted by atomic mass is 10.0. The Morgan fingerprint density at radius 3 is 2.52 bits per heavy atom. The van der Waals surface area contributed by atoms with Gasteiger partial charge in [0.25, 0.3) is 0 Å². The van der Waals surface area contributed by atoms with Gasteiger partial charge in [-0.05, 0) is 43.5 Å². The van der Waals surface area contributed by atoms with Crippen molar-refractivity contribution in [3.05, 3.63) is 54.1 Å². The molecule has 0 radical (unpaired) electrons. The van der Waals surface area contributed by atoms with E-state index in [0.717, 1.165) is 13.0 Å². The molecule has 3 heteroatoms. The van der Waals surface area contributed by atoms with Crippen molar-refractivity contribution in [1.82, 2.24) is 14.5 Å². The van der Waals surface area contributed by atoms with Gasteiger partial charge in [0.1, 0.15) is 0 Å². The predicted molar refractivity (Wildman–Crippen MR) is 86.2 cm³/mol. The van der Waals surface area contributed by atoms with Crippen LogP contribution < -0.4 is 0 Å². The maximum atomic E-state index is 4.19. The van der Waals surface area contributed by atoms with E-state index in [1.54, 1.807) is 0 Å². The molecule has 2 aromatic rings. The van der Waals surface area contributed by atoms with Crippen LogP contribution in [-0.4, -0.2) is 27.5 Å². The fourth-order valence-electron chi connectivity index (χ4n) is 3.26. The van der Waals surface area contributed by atoms with E-state index >= 15 is 0 Å². The molecule has 2 heterocycles. The average Bonchev–Trinajstić information content (AvgIpc) is 3.19. The first kappa shape index (κ1) is 14.3. The van der Waals surface area contributed by atoms with E-state index in [2.05, 4.69) is 51.8 Å². The summed E-state index contributed by atoms with van der Waals surface area (Å²) in [5, 5.41) is 0. The minimum Gasteiger partial charge on any atom is -0.330 e. The quantitative estimate of drug-likeness (QED) is 0.802. The summed E-state index contributed by atoms with van der Waals surface area (Å²) in [4.78, 5) is 6.74. The minimum atomic E-state index is 0.415. The van der Waals surface area contributed by atoms with Gasteiger partial charge in [0.2, 0.25) is 0 Å². The zero-order chi connectivity index (χ0) is 14.5. The third kappa shape index (κ3) is 3.53. The number of imidazole rings is 1. The first-order valence-electron chi connectivity index (χ1n) is 8.15. The lowest BCUT2D eigenvalue weighted by Gasteiger charge is -2.19. The first-order valence-corrected chi connectivity index (χ1v) is 8.15. The summed E-state index contributed by atoms with van der Waals surface area (Å²) in [7, 11) is 0. The van der Waals surface area contributed by atoms with Crippen LogP contribution >= 0.6 is 0 Å². The third-order valence-corrected chi connectivity index (χ3v) is 4.42. The number of aromatic nitrogens is 2. The van der Waals surface area contributed by atoms with Gasteiger partial charge < -0.3 is 4.57 Å². The summed E-state index contributed by atoms with van der Waals surface area (Å²) >= 11 is 0. The van der Waals surface area contributed by atoms with Crippen LogP contribution in [-0.2, 0) is 6.54 Å². The van der Waals surface area contributed by atoms with E-state index < -0.39 is 0 Å². The second-order valence-electron chi connectivity index (χ2n) is 6.04. The smallest absolute Gasteiger partial charge is 0.0951 e. The van der Waals surface area contributed by atoms with Crippen LogP contribution in [0.25, 0.3) is 0 Å². The van der Waals surface area contributed by atoms with Gasteiger partial charge in [0, 0.05) is 18.9 Å². The molecule has 0 saturated carbocycles. The van der Waals surface area contributed by atoms with Crippen molar-refractivity contribution in [3.63, 3.8) is 0 Å². The maximum absolute atomic E-state index is 4.19. The number of hydrogen-bond acceptors (Lipinski definition) is 2. The summed E-state index contributed by atoms with van der Waals surface area (Å²) in [6.07, 6.45) is 10.9. The zero-order valence-electron chi connectivity index (χ0n) is 12.9. The van der Waals surface area contributed by atoms with E-state index in [0.29, 0.717) is 6.04 Å². The molecule has 1 aromatic heterocycles. The molecule has 3 nitrogen and oxygen atoms in total. The van der Waals surface area contributed by atoms with E-state index in [1.807, 2.05) is 12.5 Å². The Morgan fingerprint density at radius 1 is 1.14 bits per heavy atom. The molecule has 1 fully saturated rings. The second kappa shape index (κ2) is 6.90. The molecule has 3 rings (SSSR count). The highest BCUT2D eigenvalue weighted by Gasteiger charge is 2.14. The van der Waals surface area contributed by atoms with Crippen molar-refractivity contribution in [2.45, 2.75) is 45.2 Å². The molecule has 1 atom stereocenters. The van der Waals surface area contributed by atoms with Gasteiger partial charge in [0.05, 0.1) is 12.4 Å². The van der Waals surface area contributed by atoms with Gasteiger partial charge in [0.15, 0.2) is 0 Å². The van der Waals surface area contributed by atoms with Crippen LogP contribution in [0.2, 0.25) is 0 Å². The van der Waals surface area contributed by atoms with Crippen molar-refractivity contribution in [2.24, 2.45) is 0 Å². The molecule has 0 amide bonds. The molecule has 1 saturated heterocycles. The largest absolute Gasteiger partial charge is 0.330 e. The zero-order valence-corrected chi connectivity index (χ0v) is 12.9. The predicted octanol–water partition coefficient (Wildman–Crippen LogP) is 3.87. The Morgan fingerprint density at radius 2 is 1.90 bits per heavy atom. The fraction of sp³-hybridized carbons (Fsp3) is 0.500. The van der Waals surface area contributed by atoms with E-state index in [1.165, 1.54) is 43.5 Å². The fourth-order valence-corrected chi connectivity index (χ4v) is 3.26. The molecule has 1 unspecified atom stereocenters. The molecule has 1 aromatic carbocycles. The number of rotatable bonds is 6. The Balaban J connectivity index is 1.72. The molecule has 0 bridgehead atoms. The summed E-state index contributed by atoms with van der Waals surface area (Å²) in [5.41, 5.74) is 2.82. The Hall–Kier alpha value is -1.61. The van der Waals surface area contributed by atoms with Crippen molar-refractivity contribution in [1.29, 1.82) is 0 Å². The maximum Gasteiger partial charge on any atom is 0.0951 e. The van der Waals surface area contributed by atoms with Crippen LogP contribution in [0, 0.1) is 0 Å². The highest BCUT2D eigenvalue weighted by molar-refractivity contribution is 5.26. The number of nitrogens with zero attached hydrogens (tertiary/aromatic N) is 3. The topological polar surface area (TPSA) is 21.1 Å². The first-order chi connectivity index (χ1) is 10.4. The van der Waals surface area contributed by atoms with Crippen molar-refractivity contribution >= 4 is 0 Å². The summed E-state index contributed by atoms with van der Waals surface area (Å²) < 4.78 is 2.22. The van der Waals surface area contributed by atoms with Gasteiger partial charge in [-0.3, -0.25) is 4.90 Å². The molecule has 0 spiro atoms.